The molecule has 0 spiro atoms. The quantitative estimate of drug-likeness (QED) is 0.283. The minimum atomic E-state index is -0.776. The highest BCUT2D eigenvalue weighted by Crippen LogP contribution is 2.15. The lowest BCUT2D eigenvalue weighted by atomic mass is 10.2. The fourth-order valence-corrected chi connectivity index (χ4v) is 3.78. The van der Waals surface area contributed by atoms with Gasteiger partial charge in [0, 0.05) is 18.1 Å². The molecule has 1 aliphatic rings. The van der Waals surface area contributed by atoms with Crippen molar-refractivity contribution in [2.75, 3.05) is 26.2 Å². The number of benzene rings is 1. The zero-order valence-electron chi connectivity index (χ0n) is 22.0. The van der Waals surface area contributed by atoms with Crippen LogP contribution in [0.15, 0.2) is 29.3 Å². The summed E-state index contributed by atoms with van der Waals surface area (Å²) in [7, 11) is 0. The van der Waals surface area contributed by atoms with E-state index in [2.05, 4.69) is 15.2 Å². The number of nitrogens with one attached hydrogen (secondary N) is 1. The average molecular weight is 509 g/mol. The van der Waals surface area contributed by atoms with Gasteiger partial charge in [0.1, 0.15) is 11.2 Å². The fourth-order valence-electron chi connectivity index (χ4n) is 3.66. The summed E-state index contributed by atoms with van der Waals surface area (Å²) in [6.07, 6.45) is 2.93. The third-order valence-corrected chi connectivity index (χ3v) is 5.39. The van der Waals surface area contributed by atoms with Crippen LogP contribution in [0, 0.1) is 0 Å². The summed E-state index contributed by atoms with van der Waals surface area (Å²) in [6, 6.07) is 7.46. The molecule has 0 aromatic heterocycles. The van der Waals surface area contributed by atoms with Gasteiger partial charge in [-0.05, 0) is 105 Å². The van der Waals surface area contributed by atoms with E-state index in [0.29, 0.717) is 18.1 Å². The number of guanidine groups is 1. The molecule has 1 fully saturated rings. The summed E-state index contributed by atoms with van der Waals surface area (Å²) in [5, 5.41) is 3.32. The number of unbranched alkanes of at least 4 members (excludes halogenated alkanes) is 1. The van der Waals surface area contributed by atoms with Crippen molar-refractivity contribution in [3.63, 3.8) is 0 Å². The van der Waals surface area contributed by atoms with E-state index in [9.17, 15) is 9.59 Å². The molecule has 2 amide bonds. The predicted octanol–water partition coefficient (Wildman–Crippen LogP) is 5.83. The van der Waals surface area contributed by atoms with Crippen molar-refractivity contribution in [1.29, 1.82) is 0 Å². The third-order valence-electron chi connectivity index (χ3n) is 5.14. The number of halogens is 1. The van der Waals surface area contributed by atoms with Crippen molar-refractivity contribution < 1.29 is 19.1 Å². The van der Waals surface area contributed by atoms with E-state index in [0.717, 1.165) is 38.0 Å². The van der Waals surface area contributed by atoms with Gasteiger partial charge in [0.05, 0.1) is 0 Å². The summed E-state index contributed by atoms with van der Waals surface area (Å²) in [4.78, 5) is 33.7. The Labute approximate surface area is 215 Å². The Balaban J connectivity index is 2.23. The molecule has 1 N–H and O–H groups in total. The summed E-state index contributed by atoms with van der Waals surface area (Å²) in [5.74, 6) is 0.102. The first kappa shape index (κ1) is 28.9. The lowest BCUT2D eigenvalue weighted by Crippen LogP contribution is -2.46. The highest BCUT2D eigenvalue weighted by molar-refractivity contribution is 6.30. The van der Waals surface area contributed by atoms with Crippen molar-refractivity contribution in [1.82, 2.24) is 15.1 Å². The number of rotatable bonds is 7. The molecule has 0 saturated carbocycles. The van der Waals surface area contributed by atoms with Gasteiger partial charge in [0.2, 0.25) is 5.96 Å². The first-order chi connectivity index (χ1) is 16.3. The maximum Gasteiger partial charge on any atom is 0.437 e. The minimum absolute atomic E-state index is 0.102. The molecule has 196 valence electrons. The van der Waals surface area contributed by atoms with E-state index < -0.39 is 23.4 Å². The Bertz CT molecular complexity index is 854. The van der Waals surface area contributed by atoms with Crippen molar-refractivity contribution in [2.24, 2.45) is 4.99 Å². The largest absolute Gasteiger partial charge is 0.444 e. The van der Waals surface area contributed by atoms with Gasteiger partial charge < -0.3 is 19.3 Å². The van der Waals surface area contributed by atoms with Gasteiger partial charge in [-0.25, -0.2) is 9.59 Å². The molecule has 0 bridgehead atoms. The average Bonchev–Trinajstić information content (AvgIpc) is 3.22. The molecule has 0 unspecified atom stereocenters. The van der Waals surface area contributed by atoms with E-state index in [1.165, 1.54) is 12.8 Å². The number of aliphatic imine (C=N–C) groups is 1. The molecule has 1 aliphatic heterocycles. The van der Waals surface area contributed by atoms with Gasteiger partial charge >= 0.3 is 12.2 Å². The molecule has 1 aromatic rings. The van der Waals surface area contributed by atoms with Crippen LogP contribution < -0.4 is 5.32 Å². The Morgan fingerprint density at radius 1 is 1.00 bits per heavy atom. The highest BCUT2D eigenvalue weighted by Gasteiger charge is 2.23. The third kappa shape index (κ3) is 12.3. The van der Waals surface area contributed by atoms with E-state index in [4.69, 9.17) is 21.1 Å². The molecule has 1 heterocycles. The van der Waals surface area contributed by atoms with Gasteiger partial charge in [-0.15, -0.1) is 4.99 Å². The maximum absolute atomic E-state index is 12.6. The van der Waals surface area contributed by atoms with Gasteiger partial charge in [0.15, 0.2) is 0 Å². The summed E-state index contributed by atoms with van der Waals surface area (Å²) in [6.45, 7) is 15.0. The molecule has 35 heavy (non-hydrogen) atoms. The van der Waals surface area contributed by atoms with Gasteiger partial charge in [-0.1, -0.05) is 23.7 Å². The molecule has 8 nitrogen and oxygen atoms in total. The predicted molar refractivity (Wildman–Crippen MR) is 140 cm³/mol. The molecular weight excluding hydrogens is 468 g/mol. The summed E-state index contributed by atoms with van der Waals surface area (Å²) in [5.41, 5.74) is -0.441. The molecule has 0 atom stereocenters. The number of nitrogens with zero attached hydrogens (tertiary/aromatic N) is 3. The Morgan fingerprint density at radius 3 is 2.17 bits per heavy atom. The molecule has 1 saturated heterocycles. The topological polar surface area (TPSA) is 83.5 Å². The number of amides is 2. The van der Waals surface area contributed by atoms with Crippen LogP contribution in [0.4, 0.5) is 9.59 Å². The van der Waals surface area contributed by atoms with Crippen LogP contribution in [-0.2, 0) is 16.0 Å². The number of hydrogen-bond donors (Lipinski definition) is 1. The van der Waals surface area contributed by atoms with Crippen molar-refractivity contribution in [3.8, 4) is 0 Å². The molecule has 2 rings (SSSR count). The molecule has 0 aliphatic carbocycles. The lowest BCUT2D eigenvalue weighted by molar-refractivity contribution is 0.0554. The van der Waals surface area contributed by atoms with Crippen LogP contribution in [0.5, 0.6) is 0 Å². The van der Waals surface area contributed by atoms with E-state index >= 15 is 0 Å². The van der Waals surface area contributed by atoms with Crippen molar-refractivity contribution in [2.45, 2.75) is 85.0 Å². The molecule has 0 radical (unpaired) electrons. The maximum atomic E-state index is 12.6. The Hall–Kier alpha value is -2.32. The van der Waals surface area contributed by atoms with Gasteiger partial charge in [-0.3, -0.25) is 5.32 Å². The number of carbonyl (C=O) groups excluding carboxylic acids is 2. The zero-order valence-corrected chi connectivity index (χ0v) is 22.8. The smallest absolute Gasteiger partial charge is 0.437 e. The summed E-state index contributed by atoms with van der Waals surface area (Å²) < 4.78 is 10.8. The molecule has 9 heteroatoms. The number of carbonyl (C=O) groups is 2. The van der Waals surface area contributed by atoms with Crippen LogP contribution in [0.3, 0.4) is 0 Å². The number of ether oxygens (including phenoxy) is 2. The standard InChI is InChI=1S/C26H41ClN4O4/c1-25(2,3)34-23(32)28-22(29-24(33)35-26(4,5)6)31(19-20-11-13-21(27)14-12-20)18-10-9-17-30-15-7-8-16-30/h11-14H,7-10,15-19H2,1-6H3,(H,28,29,32,33). The Morgan fingerprint density at radius 2 is 1.60 bits per heavy atom. The number of likely N-dealkylation sites (tertiary alicyclic amines) is 1. The van der Waals surface area contributed by atoms with Crippen LogP contribution in [0.1, 0.15) is 72.8 Å². The number of alkyl carbamates (subject to hydrolysis) is 1. The lowest BCUT2D eigenvalue weighted by Gasteiger charge is -2.28. The fraction of sp³-hybridized carbons (Fsp3) is 0.654. The van der Waals surface area contributed by atoms with Crippen LogP contribution in [0.2, 0.25) is 5.02 Å². The highest BCUT2D eigenvalue weighted by atomic mass is 35.5. The first-order valence-electron chi connectivity index (χ1n) is 12.3. The SMILES string of the molecule is CC(C)(C)OC(=O)/N=C(/NC(=O)OC(C)(C)C)N(CCCCN1CCCC1)Cc1ccc(Cl)cc1. The van der Waals surface area contributed by atoms with Crippen molar-refractivity contribution >= 4 is 29.7 Å². The van der Waals surface area contributed by atoms with Crippen LogP contribution in [-0.4, -0.2) is 65.3 Å². The van der Waals surface area contributed by atoms with Crippen LogP contribution >= 0.6 is 11.6 Å². The van der Waals surface area contributed by atoms with E-state index in [1.807, 2.05) is 29.2 Å². The summed E-state index contributed by atoms with van der Waals surface area (Å²) >= 11 is 6.06. The molecule has 1 aromatic carbocycles. The normalized spacial score (nSPS) is 15.1. The zero-order chi connectivity index (χ0) is 26.1. The van der Waals surface area contributed by atoms with Gasteiger partial charge in [0.25, 0.3) is 0 Å². The molecular formula is C26H41ClN4O4. The number of hydrogen-bond acceptors (Lipinski definition) is 5. The van der Waals surface area contributed by atoms with Gasteiger partial charge in [-0.2, -0.15) is 0 Å². The minimum Gasteiger partial charge on any atom is -0.444 e. The first-order valence-corrected chi connectivity index (χ1v) is 12.7. The second kappa shape index (κ2) is 13.1. The van der Waals surface area contributed by atoms with E-state index in [1.54, 1.807) is 41.5 Å². The van der Waals surface area contributed by atoms with Crippen LogP contribution in [0.25, 0.3) is 0 Å². The monoisotopic (exact) mass is 508 g/mol. The van der Waals surface area contributed by atoms with E-state index in [-0.39, 0.29) is 5.96 Å². The van der Waals surface area contributed by atoms with Crippen molar-refractivity contribution in [3.05, 3.63) is 34.9 Å². The second-order valence-corrected chi connectivity index (χ2v) is 11.3. The second-order valence-electron chi connectivity index (χ2n) is 10.8. The Kier molecular flexibility index (Phi) is 10.8.